The second kappa shape index (κ2) is 10.0. The molecule has 1 fully saturated rings. The van der Waals surface area contributed by atoms with Crippen molar-refractivity contribution in [1.29, 1.82) is 0 Å². The molecule has 0 aromatic heterocycles. The van der Waals surface area contributed by atoms with Gasteiger partial charge in [-0.1, -0.05) is 12.1 Å². The topological polar surface area (TPSA) is 85.2 Å². The van der Waals surface area contributed by atoms with E-state index in [-0.39, 0.29) is 29.7 Å². The second-order valence-electron chi connectivity index (χ2n) is 5.92. The first-order valence-electron chi connectivity index (χ1n) is 8.07. The molecule has 1 aliphatic heterocycles. The van der Waals surface area contributed by atoms with Crippen LogP contribution in [0.1, 0.15) is 6.42 Å². The molecule has 0 amide bonds. The number of anilines is 1. The Balaban J connectivity index is 0.00000312. The molecule has 7 nitrogen and oxygen atoms in total. The van der Waals surface area contributed by atoms with E-state index in [0.717, 1.165) is 37.8 Å². The number of aliphatic imine (C=N–C) groups is 1. The van der Waals surface area contributed by atoms with Crippen LogP contribution in [0.15, 0.2) is 29.3 Å². The minimum absolute atomic E-state index is 0. The fourth-order valence-corrected chi connectivity index (χ4v) is 3.43. The average Bonchev–Trinajstić information content (AvgIpc) is 2.55. The van der Waals surface area contributed by atoms with Gasteiger partial charge < -0.3 is 20.2 Å². The van der Waals surface area contributed by atoms with Gasteiger partial charge in [0, 0.05) is 46.0 Å². The highest BCUT2D eigenvalue weighted by Crippen LogP contribution is 2.27. The minimum Gasteiger partial charge on any atom is -0.506 e. The van der Waals surface area contributed by atoms with Crippen molar-refractivity contribution in [2.45, 2.75) is 6.42 Å². The van der Waals surface area contributed by atoms with Crippen LogP contribution in [0.4, 0.5) is 5.69 Å². The summed E-state index contributed by atoms with van der Waals surface area (Å²) in [5.74, 6) is 1.27. The van der Waals surface area contributed by atoms with Crippen LogP contribution in [0, 0.1) is 0 Å². The molecule has 2 N–H and O–H groups in total. The summed E-state index contributed by atoms with van der Waals surface area (Å²) < 4.78 is 22.3. The lowest BCUT2D eigenvalue weighted by Gasteiger charge is -2.37. The van der Waals surface area contributed by atoms with E-state index in [9.17, 15) is 13.5 Å². The quantitative estimate of drug-likeness (QED) is 0.284. The summed E-state index contributed by atoms with van der Waals surface area (Å²) in [7, 11) is -1.19. The van der Waals surface area contributed by atoms with E-state index in [1.54, 1.807) is 13.1 Å². The second-order valence-corrected chi connectivity index (χ2v) is 8.18. The molecule has 0 bridgehead atoms. The van der Waals surface area contributed by atoms with Crippen molar-refractivity contribution in [3.8, 4) is 5.75 Å². The summed E-state index contributed by atoms with van der Waals surface area (Å²) in [4.78, 5) is 8.58. The molecule has 9 heteroatoms. The molecule has 0 saturated carbocycles. The van der Waals surface area contributed by atoms with E-state index in [0.29, 0.717) is 18.7 Å². The number of sulfone groups is 1. The van der Waals surface area contributed by atoms with Crippen molar-refractivity contribution in [2.75, 3.05) is 56.7 Å². The van der Waals surface area contributed by atoms with Crippen LogP contribution in [0.3, 0.4) is 0 Å². The van der Waals surface area contributed by atoms with Crippen LogP contribution in [0.2, 0.25) is 0 Å². The third kappa shape index (κ3) is 6.89. The number of para-hydroxylation sites is 2. The number of phenolic OH excluding ortho intramolecular Hbond substituents is 1. The monoisotopic (exact) mass is 482 g/mol. The van der Waals surface area contributed by atoms with Gasteiger partial charge in [0.05, 0.1) is 11.4 Å². The van der Waals surface area contributed by atoms with Gasteiger partial charge in [-0.15, -0.1) is 24.0 Å². The van der Waals surface area contributed by atoms with Crippen LogP contribution < -0.4 is 10.2 Å². The molecule has 142 valence electrons. The summed E-state index contributed by atoms with van der Waals surface area (Å²) in [6.45, 7) is 3.75. The third-order valence-corrected chi connectivity index (χ3v) is 5.02. The molecule has 0 aliphatic carbocycles. The zero-order valence-electron chi connectivity index (χ0n) is 14.7. The lowest BCUT2D eigenvalue weighted by atomic mass is 10.2. The van der Waals surface area contributed by atoms with E-state index < -0.39 is 9.84 Å². The molecule has 1 heterocycles. The standard InChI is InChI=1S/C16H26N4O3S.HI/c1-17-16(18-8-5-13-24(2,22)23)20-11-9-19(10-12-20)14-6-3-4-7-15(14)21;/h3-4,6-7,21H,5,8-13H2,1-2H3,(H,17,18);1H. The van der Waals surface area contributed by atoms with Crippen molar-refractivity contribution in [3.05, 3.63) is 24.3 Å². The van der Waals surface area contributed by atoms with Crippen molar-refractivity contribution in [1.82, 2.24) is 10.2 Å². The summed E-state index contributed by atoms with van der Waals surface area (Å²) in [5.41, 5.74) is 0.855. The largest absolute Gasteiger partial charge is 0.506 e. The SMILES string of the molecule is CN=C(NCCCS(C)(=O)=O)N1CCN(c2ccccc2O)CC1.I. The predicted octanol–water partition coefficient (Wildman–Crippen LogP) is 1.14. The van der Waals surface area contributed by atoms with E-state index in [1.807, 2.05) is 18.2 Å². The molecule has 0 spiro atoms. The highest BCUT2D eigenvalue weighted by Gasteiger charge is 2.21. The smallest absolute Gasteiger partial charge is 0.193 e. The first-order chi connectivity index (χ1) is 11.4. The number of nitrogens with one attached hydrogen (secondary N) is 1. The average molecular weight is 482 g/mol. The van der Waals surface area contributed by atoms with Gasteiger partial charge in [0.1, 0.15) is 15.6 Å². The van der Waals surface area contributed by atoms with Gasteiger partial charge in [0.15, 0.2) is 5.96 Å². The first kappa shape index (κ1) is 21.8. The van der Waals surface area contributed by atoms with Crippen molar-refractivity contribution < 1.29 is 13.5 Å². The van der Waals surface area contributed by atoms with Gasteiger partial charge in [0.2, 0.25) is 0 Å². The summed E-state index contributed by atoms with van der Waals surface area (Å²) >= 11 is 0. The van der Waals surface area contributed by atoms with Gasteiger partial charge >= 0.3 is 0 Å². The van der Waals surface area contributed by atoms with Crippen LogP contribution in [-0.4, -0.2) is 76.2 Å². The molecule has 1 saturated heterocycles. The number of hydrogen-bond donors (Lipinski definition) is 2. The van der Waals surface area contributed by atoms with Crippen LogP contribution in [0.5, 0.6) is 5.75 Å². The predicted molar refractivity (Wildman–Crippen MR) is 113 cm³/mol. The molecule has 1 aliphatic rings. The van der Waals surface area contributed by atoms with Crippen molar-refractivity contribution in [2.24, 2.45) is 4.99 Å². The minimum atomic E-state index is -2.92. The Kier molecular flexibility index (Phi) is 8.77. The molecule has 25 heavy (non-hydrogen) atoms. The van der Waals surface area contributed by atoms with Gasteiger partial charge in [-0.05, 0) is 18.6 Å². The lowest BCUT2D eigenvalue weighted by Crippen LogP contribution is -2.52. The molecule has 1 aromatic rings. The molecular weight excluding hydrogens is 455 g/mol. The number of phenols is 1. The van der Waals surface area contributed by atoms with E-state index in [1.165, 1.54) is 6.26 Å². The fourth-order valence-electron chi connectivity index (χ4n) is 2.76. The summed E-state index contributed by atoms with van der Waals surface area (Å²) in [6.07, 6.45) is 1.82. The van der Waals surface area contributed by atoms with Crippen LogP contribution in [0.25, 0.3) is 0 Å². The normalized spacial score (nSPS) is 15.7. The Morgan fingerprint density at radius 3 is 2.44 bits per heavy atom. The molecule has 0 atom stereocenters. The number of guanidine groups is 1. The van der Waals surface area contributed by atoms with Gasteiger partial charge in [-0.2, -0.15) is 0 Å². The Morgan fingerprint density at radius 2 is 1.88 bits per heavy atom. The number of aromatic hydroxyl groups is 1. The lowest BCUT2D eigenvalue weighted by molar-refractivity contribution is 0.370. The van der Waals surface area contributed by atoms with E-state index >= 15 is 0 Å². The van der Waals surface area contributed by atoms with Gasteiger partial charge in [-0.3, -0.25) is 4.99 Å². The van der Waals surface area contributed by atoms with E-state index in [4.69, 9.17) is 0 Å². The number of benzene rings is 1. The molecule has 2 rings (SSSR count). The molecule has 0 radical (unpaired) electrons. The first-order valence-corrected chi connectivity index (χ1v) is 10.1. The number of nitrogens with zero attached hydrogens (tertiary/aromatic N) is 3. The Hall–Kier alpha value is -1.23. The maximum absolute atomic E-state index is 11.2. The van der Waals surface area contributed by atoms with Crippen LogP contribution >= 0.6 is 24.0 Å². The Labute approximate surface area is 167 Å². The fraction of sp³-hybridized carbons (Fsp3) is 0.562. The zero-order valence-corrected chi connectivity index (χ0v) is 17.8. The Morgan fingerprint density at radius 1 is 1.24 bits per heavy atom. The molecular formula is C16H27IN4O3S. The van der Waals surface area contributed by atoms with Gasteiger partial charge in [0.25, 0.3) is 0 Å². The van der Waals surface area contributed by atoms with E-state index in [2.05, 4.69) is 20.1 Å². The number of halogens is 1. The van der Waals surface area contributed by atoms with Crippen LogP contribution in [-0.2, 0) is 9.84 Å². The summed E-state index contributed by atoms with van der Waals surface area (Å²) in [5, 5.41) is 13.2. The number of hydrogen-bond acceptors (Lipinski definition) is 5. The number of piperazine rings is 1. The van der Waals surface area contributed by atoms with Crippen molar-refractivity contribution in [3.63, 3.8) is 0 Å². The van der Waals surface area contributed by atoms with Gasteiger partial charge in [-0.25, -0.2) is 8.42 Å². The highest BCUT2D eigenvalue weighted by atomic mass is 127. The molecule has 1 aromatic carbocycles. The third-order valence-electron chi connectivity index (χ3n) is 3.99. The Bertz CT molecular complexity index is 674. The summed E-state index contributed by atoms with van der Waals surface area (Å²) in [6, 6.07) is 7.36. The zero-order chi connectivity index (χ0) is 17.6. The maximum Gasteiger partial charge on any atom is 0.193 e. The van der Waals surface area contributed by atoms with Crippen molar-refractivity contribution >= 4 is 45.5 Å². The molecule has 0 unspecified atom stereocenters. The number of rotatable bonds is 5. The highest BCUT2D eigenvalue weighted by molar-refractivity contribution is 14.0. The maximum atomic E-state index is 11.2.